The van der Waals surface area contributed by atoms with Gasteiger partial charge in [-0.3, -0.25) is 14.5 Å². The number of anilines is 1. The van der Waals surface area contributed by atoms with Crippen LogP contribution in [0.5, 0.6) is 0 Å². The van der Waals surface area contributed by atoms with Crippen LogP contribution in [-0.4, -0.2) is 47.4 Å². The number of benzene rings is 2. The minimum absolute atomic E-state index is 0.0126. The summed E-state index contributed by atoms with van der Waals surface area (Å²) in [4.78, 5) is 31.5. The molecule has 2 aromatic rings. The predicted molar refractivity (Wildman–Crippen MR) is 118 cm³/mol. The second-order valence-corrected chi connectivity index (χ2v) is 8.18. The van der Waals surface area contributed by atoms with E-state index in [1.807, 2.05) is 0 Å². The maximum absolute atomic E-state index is 13.0. The van der Waals surface area contributed by atoms with Gasteiger partial charge in [0.25, 0.3) is 0 Å². The molecule has 3 rings (SSSR count). The van der Waals surface area contributed by atoms with Gasteiger partial charge in [0.05, 0.1) is 5.69 Å². The van der Waals surface area contributed by atoms with Gasteiger partial charge in [0.1, 0.15) is 11.1 Å². The molecule has 0 radical (unpaired) electrons. The Labute approximate surface area is 183 Å². The highest BCUT2D eigenvalue weighted by Gasteiger charge is 2.38. The molecule has 9 heteroatoms. The lowest BCUT2D eigenvalue weighted by atomic mass is 10.2. The van der Waals surface area contributed by atoms with Crippen molar-refractivity contribution in [3.63, 3.8) is 0 Å². The number of ether oxygens (including phenoxy) is 1. The van der Waals surface area contributed by atoms with Gasteiger partial charge in [-0.25, -0.2) is 9.38 Å². The molecule has 0 aliphatic carbocycles. The summed E-state index contributed by atoms with van der Waals surface area (Å²) in [6.07, 6.45) is 0.637. The predicted octanol–water partition coefficient (Wildman–Crippen LogP) is 4.48. The van der Waals surface area contributed by atoms with Crippen molar-refractivity contribution in [3.8, 4) is 0 Å². The van der Waals surface area contributed by atoms with E-state index >= 15 is 0 Å². The Morgan fingerprint density at radius 3 is 2.60 bits per heavy atom. The molecular weight excluding hydrogens is 429 g/mol. The molecule has 0 unspecified atom stereocenters. The second kappa shape index (κ2) is 10.6. The van der Waals surface area contributed by atoms with Gasteiger partial charge in [-0.05, 0) is 55.0 Å². The number of hydrogen-bond donors (Lipinski definition) is 1. The number of carbonyl (C=O) groups excluding carboxylic acids is 2. The van der Waals surface area contributed by atoms with E-state index in [-0.39, 0.29) is 24.1 Å². The number of nitrogens with one attached hydrogen (secondary N) is 1. The molecule has 158 valence electrons. The van der Waals surface area contributed by atoms with Crippen LogP contribution in [0.2, 0.25) is 5.02 Å². The summed E-state index contributed by atoms with van der Waals surface area (Å²) in [7, 11) is 1.60. The number of nitrogens with zero attached hydrogens (tertiary/aromatic N) is 2. The van der Waals surface area contributed by atoms with Crippen molar-refractivity contribution in [1.29, 1.82) is 0 Å². The van der Waals surface area contributed by atoms with Gasteiger partial charge in [0.2, 0.25) is 11.8 Å². The average Bonchev–Trinajstić information content (AvgIpc) is 3.00. The number of methoxy groups -OCH3 is 1. The highest BCUT2D eigenvalue weighted by atomic mass is 35.5. The average molecular weight is 450 g/mol. The van der Waals surface area contributed by atoms with E-state index in [2.05, 4.69) is 10.3 Å². The van der Waals surface area contributed by atoms with Gasteiger partial charge in [-0.15, -0.1) is 0 Å². The third kappa shape index (κ3) is 6.04. The summed E-state index contributed by atoms with van der Waals surface area (Å²) < 4.78 is 18.1. The SMILES string of the molecule is COCCCN1C(=O)[C@@H](CC(=O)Nc2ccc(F)cc2)SC1=Nc1ccc(Cl)cc1. The van der Waals surface area contributed by atoms with E-state index in [9.17, 15) is 14.0 Å². The van der Waals surface area contributed by atoms with Crippen LogP contribution in [0.25, 0.3) is 0 Å². The quantitative estimate of drug-likeness (QED) is 0.603. The number of hydrogen-bond acceptors (Lipinski definition) is 5. The van der Waals surface area contributed by atoms with Gasteiger partial charge in [-0.2, -0.15) is 0 Å². The second-order valence-electron chi connectivity index (χ2n) is 6.57. The highest BCUT2D eigenvalue weighted by molar-refractivity contribution is 8.15. The molecule has 1 heterocycles. The summed E-state index contributed by atoms with van der Waals surface area (Å²) in [5, 5.41) is 3.24. The first-order valence-electron chi connectivity index (χ1n) is 9.33. The molecule has 2 amide bonds. The minimum Gasteiger partial charge on any atom is -0.385 e. The van der Waals surface area contributed by atoms with Gasteiger partial charge in [-0.1, -0.05) is 23.4 Å². The maximum Gasteiger partial charge on any atom is 0.242 e. The van der Waals surface area contributed by atoms with Crippen LogP contribution < -0.4 is 5.32 Å². The number of carbonyl (C=O) groups is 2. The largest absolute Gasteiger partial charge is 0.385 e. The third-order valence-electron chi connectivity index (χ3n) is 4.30. The van der Waals surface area contributed by atoms with Crippen molar-refractivity contribution in [2.75, 3.05) is 25.6 Å². The van der Waals surface area contributed by atoms with E-state index in [0.717, 1.165) is 0 Å². The lowest BCUT2D eigenvalue weighted by Gasteiger charge is -2.16. The Balaban J connectivity index is 1.71. The van der Waals surface area contributed by atoms with Crippen LogP contribution in [-0.2, 0) is 14.3 Å². The molecule has 1 aliphatic heterocycles. The van der Waals surface area contributed by atoms with Crippen LogP contribution in [0.4, 0.5) is 15.8 Å². The molecule has 30 heavy (non-hydrogen) atoms. The van der Waals surface area contributed by atoms with Crippen LogP contribution in [0.3, 0.4) is 0 Å². The number of aliphatic imine (C=N–C) groups is 1. The van der Waals surface area contributed by atoms with Crippen molar-refractivity contribution in [2.45, 2.75) is 18.1 Å². The first-order valence-corrected chi connectivity index (χ1v) is 10.6. The van der Waals surface area contributed by atoms with Crippen LogP contribution in [0, 0.1) is 5.82 Å². The zero-order chi connectivity index (χ0) is 21.5. The molecule has 0 bridgehead atoms. The Morgan fingerprint density at radius 2 is 1.93 bits per heavy atom. The van der Waals surface area contributed by atoms with Gasteiger partial charge in [0.15, 0.2) is 5.17 Å². The summed E-state index contributed by atoms with van der Waals surface area (Å²) in [6.45, 7) is 0.959. The van der Waals surface area contributed by atoms with Crippen LogP contribution >= 0.6 is 23.4 Å². The van der Waals surface area contributed by atoms with Crippen molar-refractivity contribution in [3.05, 3.63) is 59.4 Å². The molecule has 6 nitrogen and oxygen atoms in total. The molecule has 1 aliphatic rings. The Kier molecular flexibility index (Phi) is 7.84. The van der Waals surface area contributed by atoms with Crippen molar-refractivity contribution >= 4 is 51.7 Å². The fraction of sp³-hybridized carbons (Fsp3) is 0.286. The van der Waals surface area contributed by atoms with Gasteiger partial charge >= 0.3 is 0 Å². The Hall–Kier alpha value is -2.42. The summed E-state index contributed by atoms with van der Waals surface area (Å²) >= 11 is 7.18. The molecule has 1 fully saturated rings. The van der Waals surface area contributed by atoms with Crippen molar-refractivity contribution < 1.29 is 18.7 Å². The third-order valence-corrected chi connectivity index (χ3v) is 5.73. The Morgan fingerprint density at radius 1 is 1.23 bits per heavy atom. The summed E-state index contributed by atoms with van der Waals surface area (Å²) in [6, 6.07) is 12.5. The van der Waals surface area contributed by atoms with Crippen LogP contribution in [0.1, 0.15) is 12.8 Å². The number of rotatable bonds is 8. The molecule has 1 N–H and O–H groups in total. The Bertz CT molecular complexity index is 922. The molecule has 0 aromatic heterocycles. The minimum atomic E-state index is -0.584. The van der Waals surface area contributed by atoms with Gasteiger partial charge in [0, 0.05) is 37.4 Å². The maximum atomic E-state index is 13.0. The standard InChI is InChI=1S/C21H21ClFN3O3S/c1-29-12-2-11-26-20(28)18(13-19(27)24-16-9-5-15(23)6-10-16)30-21(26)25-17-7-3-14(22)4-8-17/h3-10,18H,2,11-13H2,1H3,(H,24,27)/t18-/m1/s1. The van der Waals surface area contributed by atoms with E-state index in [1.54, 1.807) is 36.3 Å². The zero-order valence-electron chi connectivity index (χ0n) is 16.3. The fourth-order valence-corrected chi connectivity index (χ4v) is 4.15. The first kappa shape index (κ1) is 22.3. The van der Waals surface area contributed by atoms with E-state index in [1.165, 1.54) is 36.0 Å². The number of halogens is 2. The topological polar surface area (TPSA) is 71.0 Å². The molecule has 1 saturated heterocycles. The zero-order valence-corrected chi connectivity index (χ0v) is 17.9. The molecule has 0 spiro atoms. The lowest BCUT2D eigenvalue weighted by Crippen LogP contribution is -2.34. The molecule has 1 atom stereocenters. The number of amidine groups is 1. The molecule has 2 aromatic carbocycles. The highest BCUT2D eigenvalue weighted by Crippen LogP contribution is 2.32. The van der Waals surface area contributed by atoms with E-state index in [0.29, 0.717) is 41.1 Å². The van der Waals surface area contributed by atoms with E-state index < -0.39 is 5.25 Å². The van der Waals surface area contributed by atoms with Crippen LogP contribution in [0.15, 0.2) is 53.5 Å². The van der Waals surface area contributed by atoms with Crippen molar-refractivity contribution in [2.24, 2.45) is 4.99 Å². The summed E-state index contributed by atoms with van der Waals surface area (Å²) in [5.41, 5.74) is 1.15. The first-order chi connectivity index (χ1) is 14.5. The number of amides is 2. The normalized spacial score (nSPS) is 17.6. The smallest absolute Gasteiger partial charge is 0.242 e. The van der Waals surface area contributed by atoms with Crippen molar-refractivity contribution in [1.82, 2.24) is 4.90 Å². The molecular formula is C21H21ClFN3O3S. The molecule has 0 saturated carbocycles. The summed E-state index contributed by atoms with van der Waals surface area (Å²) in [5.74, 6) is -0.876. The fourth-order valence-electron chi connectivity index (χ4n) is 2.84. The lowest BCUT2D eigenvalue weighted by molar-refractivity contribution is -0.128. The van der Waals surface area contributed by atoms with E-state index in [4.69, 9.17) is 16.3 Å². The number of thioether (sulfide) groups is 1. The van der Waals surface area contributed by atoms with Gasteiger partial charge < -0.3 is 10.1 Å². The monoisotopic (exact) mass is 449 g/mol.